The van der Waals surface area contributed by atoms with Crippen LogP contribution in [0.25, 0.3) is 0 Å². The second kappa shape index (κ2) is 14.6. The molecule has 2 aromatic rings. The van der Waals surface area contributed by atoms with E-state index in [9.17, 15) is 19.8 Å². The lowest BCUT2D eigenvalue weighted by molar-refractivity contribution is -0.180. The molecule has 10 rings (SSSR count). The quantitative estimate of drug-likeness (QED) is 0.299. The summed E-state index contributed by atoms with van der Waals surface area (Å²) in [6.45, 7) is 7.01. The Balaban J connectivity index is 0.968. The van der Waals surface area contributed by atoms with Crippen LogP contribution in [0.2, 0.25) is 0 Å². The molecule has 14 heteroatoms. The lowest BCUT2D eigenvalue weighted by Gasteiger charge is -2.40. The zero-order chi connectivity index (χ0) is 41.6. The van der Waals surface area contributed by atoms with E-state index in [0.717, 1.165) is 87.0 Å². The van der Waals surface area contributed by atoms with Crippen LogP contribution in [0.4, 0.5) is 0 Å². The molecule has 0 saturated carbocycles. The molecule has 2 spiro atoms. The third kappa shape index (κ3) is 6.34. The molecule has 0 unspecified atom stereocenters. The number of methoxy groups -OCH3 is 2. The van der Waals surface area contributed by atoms with Gasteiger partial charge in [-0.15, -0.1) is 0 Å². The maximum Gasteiger partial charge on any atom is 0.339 e. The molecule has 0 radical (unpaired) electrons. The number of carbonyl (C=O) groups is 2. The van der Waals surface area contributed by atoms with E-state index >= 15 is 0 Å². The first-order valence-corrected chi connectivity index (χ1v) is 21.6. The number of hydrogen-bond donors (Lipinski definition) is 2. The van der Waals surface area contributed by atoms with E-state index in [-0.39, 0.29) is 44.7 Å². The molecular weight excluding hydrogens is 773 g/mol. The van der Waals surface area contributed by atoms with Crippen molar-refractivity contribution in [2.75, 3.05) is 54.0 Å². The van der Waals surface area contributed by atoms with E-state index in [2.05, 4.69) is 22.0 Å². The summed E-state index contributed by atoms with van der Waals surface area (Å²) in [6, 6.07) is 8.09. The number of rotatable bonds is 11. The van der Waals surface area contributed by atoms with Gasteiger partial charge in [0, 0.05) is 13.1 Å². The van der Waals surface area contributed by atoms with E-state index in [1.807, 2.05) is 24.3 Å². The molecular formula is C46H56N2O12. The smallest absolute Gasteiger partial charge is 0.339 e. The summed E-state index contributed by atoms with van der Waals surface area (Å²) in [7, 11) is 3.15. The van der Waals surface area contributed by atoms with Crippen LogP contribution in [-0.2, 0) is 41.4 Å². The van der Waals surface area contributed by atoms with Gasteiger partial charge in [0.15, 0.2) is 40.8 Å². The number of nitrogens with zero attached hydrogens (tertiary/aromatic N) is 2. The number of ether oxygens (including phenoxy) is 8. The molecule has 2 N–H and O–H groups in total. The molecule has 2 saturated heterocycles. The Morgan fingerprint density at radius 2 is 1.20 bits per heavy atom. The van der Waals surface area contributed by atoms with Gasteiger partial charge in [-0.3, -0.25) is 14.6 Å². The number of hydrogen-bond acceptors (Lipinski definition) is 14. The SMILES string of the molecule is COC1=C[C@]23CCCN2CCc2cc4c(cc2[C@@H]3[C@@H]1OC(=O)C[C@](O)(CCCC(C)(C)O)C(=O)O[C@@H]1C(OC)=C[C@]23CCCN2CCc2cc5c(cc2[C@H]13)OCO5)OCO4. The van der Waals surface area contributed by atoms with E-state index in [1.165, 1.54) is 0 Å². The Morgan fingerprint density at radius 3 is 1.68 bits per heavy atom. The van der Waals surface area contributed by atoms with Crippen molar-refractivity contribution in [3.05, 3.63) is 70.2 Å². The third-order valence-electron chi connectivity index (χ3n) is 14.6. The van der Waals surface area contributed by atoms with Gasteiger partial charge in [-0.05, 0) is 143 Å². The molecule has 2 aliphatic carbocycles. The predicted octanol–water partition coefficient (Wildman–Crippen LogP) is 4.77. The minimum absolute atomic E-state index is 0.133. The Labute approximate surface area is 350 Å². The summed E-state index contributed by atoms with van der Waals surface area (Å²) in [6.07, 6.45) is 7.36. The van der Waals surface area contributed by atoms with Crippen molar-refractivity contribution in [1.82, 2.24) is 9.80 Å². The molecule has 6 heterocycles. The fourth-order valence-corrected chi connectivity index (χ4v) is 11.9. The summed E-state index contributed by atoms with van der Waals surface area (Å²) < 4.78 is 48.2. The highest BCUT2D eigenvalue weighted by atomic mass is 16.7. The second-order valence-electron chi connectivity index (χ2n) is 18.5. The lowest BCUT2D eigenvalue weighted by atomic mass is 9.77. The van der Waals surface area contributed by atoms with Crippen LogP contribution in [0.15, 0.2) is 47.9 Å². The molecule has 0 bridgehead atoms. The topological polar surface area (TPSA) is 155 Å². The van der Waals surface area contributed by atoms with Crippen LogP contribution in [-0.4, -0.2) is 120 Å². The van der Waals surface area contributed by atoms with Crippen molar-refractivity contribution in [1.29, 1.82) is 0 Å². The number of carbonyl (C=O) groups excluding carboxylic acids is 2. The van der Waals surface area contributed by atoms with Crippen LogP contribution in [0.1, 0.15) is 99.3 Å². The van der Waals surface area contributed by atoms with Crippen molar-refractivity contribution in [3.8, 4) is 23.0 Å². The number of fused-ring (bicyclic) bond motifs is 6. The summed E-state index contributed by atoms with van der Waals surface area (Å²) in [4.78, 5) is 34.2. The fraction of sp³-hybridized carbons (Fsp3) is 0.609. The van der Waals surface area contributed by atoms with Crippen molar-refractivity contribution in [2.45, 2.75) is 124 Å². The van der Waals surface area contributed by atoms with Crippen LogP contribution >= 0.6 is 0 Å². The van der Waals surface area contributed by atoms with E-state index in [4.69, 9.17) is 37.9 Å². The molecule has 8 aliphatic rings. The van der Waals surface area contributed by atoms with E-state index < -0.39 is 52.8 Å². The minimum atomic E-state index is -2.30. The zero-order valence-electron chi connectivity index (χ0n) is 35.0. The van der Waals surface area contributed by atoms with Gasteiger partial charge in [0.1, 0.15) is 11.5 Å². The number of benzene rings is 2. The minimum Gasteiger partial charge on any atom is -0.497 e. The van der Waals surface area contributed by atoms with Crippen LogP contribution < -0.4 is 18.9 Å². The van der Waals surface area contributed by atoms with E-state index in [0.29, 0.717) is 34.5 Å². The normalized spacial score (nSPS) is 30.6. The standard InChI is InChI=1S/C46H56N2O12/c1-43(2,51)10-5-13-46(52,42(50)60-41-36(54-4)23-45-12-7-15-48(45)17-9-28-19-32-34(58-26-56-32)21-30(28)39(41)45)24-37(49)59-40-35(53-3)22-44-11-6-14-47(44)16-8-27-18-31-33(57-25-55-31)20-29(27)38(40)44/h18-23,38-41,51-52H,5-17,24-26H2,1-4H3/t38-,39-,40-,41-,44+,45+,46-/m1/s1. The summed E-state index contributed by atoms with van der Waals surface area (Å²) in [5.41, 5.74) is -0.153. The molecule has 0 amide bonds. The van der Waals surface area contributed by atoms with Gasteiger partial charge in [-0.1, -0.05) is 0 Å². The van der Waals surface area contributed by atoms with Crippen LogP contribution in [0, 0.1) is 0 Å². The van der Waals surface area contributed by atoms with E-state index in [1.54, 1.807) is 28.1 Å². The lowest BCUT2D eigenvalue weighted by Crippen LogP contribution is -2.50. The molecule has 0 aromatic heterocycles. The second-order valence-corrected chi connectivity index (χ2v) is 18.5. The number of aliphatic hydroxyl groups is 2. The predicted molar refractivity (Wildman–Crippen MR) is 215 cm³/mol. The monoisotopic (exact) mass is 828 g/mol. The van der Waals surface area contributed by atoms with Gasteiger partial charge in [0.25, 0.3) is 0 Å². The highest BCUT2D eigenvalue weighted by molar-refractivity contribution is 5.86. The van der Waals surface area contributed by atoms with Crippen molar-refractivity contribution in [2.24, 2.45) is 0 Å². The highest BCUT2D eigenvalue weighted by Crippen LogP contribution is 2.57. The van der Waals surface area contributed by atoms with Crippen LogP contribution in [0.3, 0.4) is 0 Å². The average molecular weight is 829 g/mol. The maximum absolute atomic E-state index is 14.8. The first kappa shape index (κ1) is 39.6. The molecule has 2 aromatic carbocycles. The first-order chi connectivity index (χ1) is 28.8. The molecule has 6 aliphatic heterocycles. The van der Waals surface area contributed by atoms with Crippen molar-refractivity contribution >= 4 is 11.9 Å². The average Bonchev–Trinajstić information content (AvgIpc) is 4.07. The zero-order valence-corrected chi connectivity index (χ0v) is 35.0. The fourth-order valence-electron chi connectivity index (χ4n) is 11.9. The van der Waals surface area contributed by atoms with Crippen LogP contribution in [0.5, 0.6) is 23.0 Å². The largest absolute Gasteiger partial charge is 0.497 e. The van der Waals surface area contributed by atoms with Gasteiger partial charge in [-0.25, -0.2) is 4.79 Å². The van der Waals surface area contributed by atoms with Crippen molar-refractivity contribution in [3.63, 3.8) is 0 Å². The van der Waals surface area contributed by atoms with Gasteiger partial charge >= 0.3 is 11.9 Å². The Kier molecular flexibility index (Phi) is 9.62. The molecule has 60 heavy (non-hydrogen) atoms. The maximum atomic E-state index is 14.8. The molecule has 2 fully saturated rings. The Morgan fingerprint density at radius 1 is 0.717 bits per heavy atom. The summed E-state index contributed by atoms with van der Waals surface area (Å²) in [5, 5.41) is 23.2. The molecule has 14 nitrogen and oxygen atoms in total. The van der Waals surface area contributed by atoms with Gasteiger partial charge < -0.3 is 48.1 Å². The Hall–Kier alpha value is -4.50. The Bertz CT molecular complexity index is 2150. The highest BCUT2D eigenvalue weighted by Gasteiger charge is 2.61. The van der Waals surface area contributed by atoms with Gasteiger partial charge in [0.05, 0.1) is 49.2 Å². The van der Waals surface area contributed by atoms with Gasteiger partial charge in [-0.2, -0.15) is 0 Å². The number of esters is 2. The molecule has 322 valence electrons. The first-order valence-electron chi connectivity index (χ1n) is 21.6. The summed E-state index contributed by atoms with van der Waals surface area (Å²) >= 11 is 0. The van der Waals surface area contributed by atoms with Crippen molar-refractivity contribution < 1.29 is 57.7 Å². The third-order valence-corrected chi connectivity index (χ3v) is 14.6. The molecule has 7 atom stereocenters. The van der Waals surface area contributed by atoms with Gasteiger partial charge in [0.2, 0.25) is 13.6 Å². The summed E-state index contributed by atoms with van der Waals surface area (Å²) in [5.74, 6) is 1.28.